The van der Waals surface area contributed by atoms with Crippen molar-refractivity contribution >= 4 is 34.7 Å². The standard InChI is InChI=1S/C20H24N4OS2/c1-4-11-24-19(17-12-26-14(3)16(17)5-2)22-23-20(24)27-13-18(25)21-15-9-7-6-8-10-15/h6-10,12H,4-5,11,13H2,1-3H3,(H,21,25). The van der Waals surface area contributed by atoms with Gasteiger partial charge in [-0.1, -0.05) is 43.8 Å². The van der Waals surface area contributed by atoms with Gasteiger partial charge in [-0.2, -0.15) is 0 Å². The van der Waals surface area contributed by atoms with Gasteiger partial charge in [-0.25, -0.2) is 0 Å². The molecule has 5 nitrogen and oxygen atoms in total. The van der Waals surface area contributed by atoms with Crippen molar-refractivity contribution in [3.8, 4) is 11.4 Å². The van der Waals surface area contributed by atoms with Crippen LogP contribution in [0.15, 0.2) is 40.9 Å². The molecule has 3 rings (SSSR count). The third-order valence-electron chi connectivity index (χ3n) is 4.25. The van der Waals surface area contributed by atoms with Crippen LogP contribution in [-0.2, 0) is 17.8 Å². The third kappa shape index (κ3) is 4.59. The van der Waals surface area contributed by atoms with Gasteiger partial charge >= 0.3 is 0 Å². The number of anilines is 1. The van der Waals surface area contributed by atoms with Crippen LogP contribution in [0.3, 0.4) is 0 Å². The molecule has 0 atom stereocenters. The minimum atomic E-state index is -0.0422. The molecule has 1 amide bonds. The zero-order chi connectivity index (χ0) is 19.2. The maximum absolute atomic E-state index is 12.2. The number of aryl methyl sites for hydroxylation is 1. The lowest BCUT2D eigenvalue weighted by Gasteiger charge is -2.10. The topological polar surface area (TPSA) is 59.8 Å². The molecule has 0 unspecified atom stereocenters. The van der Waals surface area contributed by atoms with Crippen LogP contribution in [0.4, 0.5) is 5.69 Å². The summed E-state index contributed by atoms with van der Waals surface area (Å²) in [6.07, 6.45) is 1.96. The van der Waals surface area contributed by atoms with Crippen LogP contribution in [-0.4, -0.2) is 26.4 Å². The van der Waals surface area contributed by atoms with Gasteiger partial charge in [-0.3, -0.25) is 4.79 Å². The first-order valence-electron chi connectivity index (χ1n) is 9.12. The van der Waals surface area contributed by atoms with Crippen molar-refractivity contribution in [2.24, 2.45) is 0 Å². The average molecular weight is 401 g/mol. The van der Waals surface area contributed by atoms with Crippen molar-refractivity contribution in [2.75, 3.05) is 11.1 Å². The van der Waals surface area contributed by atoms with Crippen LogP contribution in [0.25, 0.3) is 11.4 Å². The highest BCUT2D eigenvalue weighted by Gasteiger charge is 2.19. The van der Waals surface area contributed by atoms with Crippen molar-refractivity contribution < 1.29 is 4.79 Å². The lowest BCUT2D eigenvalue weighted by Crippen LogP contribution is -2.14. The van der Waals surface area contributed by atoms with Crippen LogP contribution < -0.4 is 5.32 Å². The number of thiophene rings is 1. The number of nitrogens with zero attached hydrogens (tertiary/aromatic N) is 3. The van der Waals surface area contributed by atoms with Crippen LogP contribution in [0, 0.1) is 6.92 Å². The Morgan fingerprint density at radius 3 is 2.70 bits per heavy atom. The van der Waals surface area contributed by atoms with Gasteiger partial charge in [0, 0.05) is 28.1 Å². The number of amides is 1. The molecule has 0 spiro atoms. The third-order valence-corrected chi connectivity index (χ3v) is 6.17. The van der Waals surface area contributed by atoms with Crippen molar-refractivity contribution in [3.63, 3.8) is 0 Å². The highest BCUT2D eigenvalue weighted by atomic mass is 32.2. The van der Waals surface area contributed by atoms with E-state index in [1.165, 1.54) is 27.8 Å². The van der Waals surface area contributed by atoms with E-state index < -0.39 is 0 Å². The summed E-state index contributed by atoms with van der Waals surface area (Å²) in [6, 6.07) is 9.49. The van der Waals surface area contributed by atoms with Crippen molar-refractivity contribution in [2.45, 2.75) is 45.3 Å². The van der Waals surface area contributed by atoms with E-state index in [0.717, 1.165) is 36.1 Å². The second kappa shape index (κ2) is 9.19. The smallest absolute Gasteiger partial charge is 0.234 e. The number of para-hydroxylation sites is 1. The number of rotatable bonds is 8. The molecular weight excluding hydrogens is 376 g/mol. The van der Waals surface area contributed by atoms with Gasteiger partial charge < -0.3 is 9.88 Å². The molecule has 0 radical (unpaired) electrons. The van der Waals surface area contributed by atoms with Gasteiger partial charge in [0.05, 0.1) is 5.75 Å². The Morgan fingerprint density at radius 1 is 1.22 bits per heavy atom. The van der Waals surface area contributed by atoms with E-state index >= 15 is 0 Å². The number of nitrogens with one attached hydrogen (secondary N) is 1. The van der Waals surface area contributed by atoms with Gasteiger partial charge in [0.15, 0.2) is 11.0 Å². The summed E-state index contributed by atoms with van der Waals surface area (Å²) in [6.45, 7) is 7.29. The molecule has 142 valence electrons. The molecule has 0 bridgehead atoms. The van der Waals surface area contributed by atoms with E-state index in [1.54, 1.807) is 11.3 Å². The van der Waals surface area contributed by atoms with Crippen molar-refractivity contribution in [1.82, 2.24) is 14.8 Å². The van der Waals surface area contributed by atoms with E-state index in [1.807, 2.05) is 30.3 Å². The Kier molecular flexibility index (Phi) is 6.68. The molecule has 7 heteroatoms. The number of carbonyl (C=O) groups excluding carboxylic acids is 1. The summed E-state index contributed by atoms with van der Waals surface area (Å²) >= 11 is 3.18. The molecule has 1 aromatic carbocycles. The summed E-state index contributed by atoms with van der Waals surface area (Å²) < 4.78 is 2.14. The number of aromatic nitrogens is 3. The van der Waals surface area contributed by atoms with Crippen LogP contribution in [0.2, 0.25) is 0 Å². The number of thioether (sulfide) groups is 1. The number of carbonyl (C=O) groups is 1. The highest BCUT2D eigenvalue weighted by Crippen LogP contribution is 2.32. The van der Waals surface area contributed by atoms with E-state index in [4.69, 9.17) is 0 Å². The van der Waals surface area contributed by atoms with Gasteiger partial charge in [-0.05, 0) is 37.5 Å². The Labute approximate surface area is 168 Å². The number of benzene rings is 1. The predicted octanol–water partition coefficient (Wildman–Crippen LogP) is 5.02. The average Bonchev–Trinajstić information content (AvgIpc) is 3.24. The molecule has 27 heavy (non-hydrogen) atoms. The molecule has 2 heterocycles. The summed E-state index contributed by atoms with van der Waals surface area (Å²) in [4.78, 5) is 13.6. The minimum absolute atomic E-state index is 0.0422. The minimum Gasteiger partial charge on any atom is -0.325 e. The maximum atomic E-state index is 12.2. The Hall–Kier alpha value is -2.12. The molecular formula is C20H24N4OS2. The Balaban J connectivity index is 1.76. The van der Waals surface area contributed by atoms with E-state index in [2.05, 4.69) is 46.2 Å². The molecule has 0 aliphatic heterocycles. The lowest BCUT2D eigenvalue weighted by molar-refractivity contribution is -0.113. The molecule has 0 fully saturated rings. The van der Waals surface area contributed by atoms with Crippen molar-refractivity contribution in [3.05, 3.63) is 46.2 Å². The van der Waals surface area contributed by atoms with Gasteiger partial charge in [0.2, 0.25) is 5.91 Å². The first-order chi connectivity index (χ1) is 13.1. The molecule has 0 aliphatic rings. The van der Waals surface area contributed by atoms with Gasteiger partial charge in [0.1, 0.15) is 0 Å². The summed E-state index contributed by atoms with van der Waals surface area (Å²) in [5.41, 5.74) is 3.31. The fourth-order valence-electron chi connectivity index (χ4n) is 2.97. The molecule has 1 N–H and O–H groups in total. The Morgan fingerprint density at radius 2 is 2.00 bits per heavy atom. The molecule has 3 aromatic rings. The Bertz CT molecular complexity index is 902. The predicted molar refractivity (Wildman–Crippen MR) is 114 cm³/mol. The second-order valence-corrected chi connectivity index (χ2v) is 8.22. The monoisotopic (exact) mass is 400 g/mol. The molecule has 0 saturated heterocycles. The first kappa shape index (κ1) is 19.6. The fraction of sp³-hybridized carbons (Fsp3) is 0.350. The van der Waals surface area contributed by atoms with E-state index in [9.17, 15) is 4.79 Å². The van der Waals surface area contributed by atoms with E-state index in [-0.39, 0.29) is 5.91 Å². The second-order valence-electron chi connectivity index (χ2n) is 6.20. The van der Waals surface area contributed by atoms with Gasteiger partial charge in [0.25, 0.3) is 0 Å². The quantitative estimate of drug-likeness (QED) is 0.540. The largest absolute Gasteiger partial charge is 0.325 e. The van der Waals surface area contributed by atoms with Crippen LogP contribution in [0.5, 0.6) is 0 Å². The highest BCUT2D eigenvalue weighted by molar-refractivity contribution is 7.99. The maximum Gasteiger partial charge on any atom is 0.234 e. The summed E-state index contributed by atoms with van der Waals surface area (Å²) in [7, 11) is 0. The normalized spacial score (nSPS) is 10.9. The molecule has 0 aliphatic carbocycles. The van der Waals surface area contributed by atoms with Crippen molar-refractivity contribution in [1.29, 1.82) is 0 Å². The molecule has 2 aromatic heterocycles. The zero-order valence-corrected chi connectivity index (χ0v) is 17.5. The summed E-state index contributed by atoms with van der Waals surface area (Å²) in [5.74, 6) is 1.17. The van der Waals surface area contributed by atoms with Gasteiger partial charge in [-0.15, -0.1) is 21.5 Å². The van der Waals surface area contributed by atoms with Crippen LogP contribution in [0.1, 0.15) is 30.7 Å². The number of hydrogen-bond donors (Lipinski definition) is 1. The number of hydrogen-bond acceptors (Lipinski definition) is 5. The van der Waals surface area contributed by atoms with Crippen LogP contribution >= 0.6 is 23.1 Å². The van der Waals surface area contributed by atoms with E-state index in [0.29, 0.717) is 5.75 Å². The SMILES string of the molecule is CCCn1c(SCC(=O)Nc2ccccc2)nnc1-c1csc(C)c1CC. The fourth-order valence-corrected chi connectivity index (χ4v) is 4.68. The zero-order valence-electron chi connectivity index (χ0n) is 15.9. The summed E-state index contributed by atoms with van der Waals surface area (Å²) in [5, 5.41) is 14.7. The first-order valence-corrected chi connectivity index (χ1v) is 11.0. The molecule has 0 saturated carbocycles. The lowest BCUT2D eigenvalue weighted by atomic mass is 10.1.